The Kier molecular flexibility index (Phi) is 5.37. The molecule has 2 rings (SSSR count). The number of aromatic nitrogens is 2. The average molecular weight is 346 g/mol. The fourth-order valence-electron chi connectivity index (χ4n) is 2.28. The molecule has 23 heavy (non-hydrogen) atoms. The van der Waals surface area contributed by atoms with Gasteiger partial charge in [0.2, 0.25) is 0 Å². The van der Waals surface area contributed by atoms with E-state index in [0.29, 0.717) is 6.42 Å². The first kappa shape index (κ1) is 17.4. The quantitative estimate of drug-likeness (QED) is 0.281. The number of phosphoric ester groups is 1. The van der Waals surface area contributed by atoms with Crippen LogP contribution in [0.2, 0.25) is 0 Å². The maximum absolute atomic E-state index is 11.8. The molecule has 0 spiro atoms. The van der Waals surface area contributed by atoms with E-state index in [2.05, 4.69) is 19.5 Å². The number of nitrogens with two attached hydrogens (primary N) is 1. The van der Waals surface area contributed by atoms with Crippen LogP contribution < -0.4 is 11.4 Å². The zero-order chi connectivity index (χ0) is 17.0. The second-order valence-electron chi connectivity index (χ2n) is 4.87. The lowest BCUT2D eigenvalue weighted by Crippen LogP contribution is -2.28. The molecule has 2 heterocycles. The first-order chi connectivity index (χ1) is 10.8. The van der Waals surface area contributed by atoms with Gasteiger partial charge in [-0.3, -0.25) is 9.09 Å². The van der Waals surface area contributed by atoms with Crippen molar-refractivity contribution < 1.29 is 23.6 Å². The summed E-state index contributed by atoms with van der Waals surface area (Å²) in [6, 6.07) is 1.42. The molecule has 1 aliphatic heterocycles. The predicted octanol–water partition coefficient (Wildman–Crippen LogP) is 0.149. The fourth-order valence-corrected chi connectivity index (χ4v) is 2.62. The molecule has 1 aliphatic rings. The molecule has 0 aliphatic carbocycles. The Morgan fingerprint density at radius 3 is 3.00 bits per heavy atom. The summed E-state index contributed by atoms with van der Waals surface area (Å²) in [4.78, 5) is 35.6. The minimum absolute atomic E-state index is 0.0410. The summed E-state index contributed by atoms with van der Waals surface area (Å²) in [5, 5.41) is 3.44. The highest BCUT2D eigenvalue weighted by Crippen LogP contribution is 2.39. The Balaban J connectivity index is 2.16. The van der Waals surface area contributed by atoms with E-state index in [1.807, 2.05) is 0 Å². The number of nitrogens with zero attached hydrogens (tertiary/aromatic N) is 5. The Bertz CT molecular complexity index is 712. The van der Waals surface area contributed by atoms with E-state index < -0.39 is 32.5 Å². The van der Waals surface area contributed by atoms with Gasteiger partial charge >= 0.3 is 13.5 Å². The van der Waals surface area contributed by atoms with Gasteiger partial charge in [0, 0.05) is 17.7 Å². The van der Waals surface area contributed by atoms with E-state index in [1.54, 1.807) is 0 Å². The SMILES string of the molecule is [N-]=[N+]=NC[C@H]1C[C@H](n2ccc(N)nc2=O)O[C@@H]1COP(=O)(O)O. The molecule has 1 saturated heterocycles. The van der Waals surface area contributed by atoms with Crippen LogP contribution in [0.5, 0.6) is 0 Å². The summed E-state index contributed by atoms with van der Waals surface area (Å²) in [6.45, 7) is -0.358. The van der Waals surface area contributed by atoms with Crippen LogP contribution >= 0.6 is 7.82 Å². The van der Waals surface area contributed by atoms with Gasteiger partial charge in [0.15, 0.2) is 0 Å². The highest BCUT2D eigenvalue weighted by molar-refractivity contribution is 7.46. The molecule has 126 valence electrons. The third-order valence-corrected chi connectivity index (χ3v) is 3.80. The molecule has 13 heteroatoms. The van der Waals surface area contributed by atoms with Crippen molar-refractivity contribution in [2.75, 3.05) is 18.9 Å². The normalized spacial score (nSPS) is 24.3. The van der Waals surface area contributed by atoms with Crippen LogP contribution in [-0.4, -0.2) is 38.6 Å². The summed E-state index contributed by atoms with van der Waals surface area (Å²) in [5.74, 6) is -0.303. The van der Waals surface area contributed by atoms with Gasteiger partial charge in [0.25, 0.3) is 0 Å². The van der Waals surface area contributed by atoms with Crippen LogP contribution in [0.3, 0.4) is 0 Å². The third-order valence-electron chi connectivity index (χ3n) is 3.31. The van der Waals surface area contributed by atoms with Crippen LogP contribution in [0.15, 0.2) is 22.2 Å². The Morgan fingerprint density at radius 2 is 2.39 bits per heavy atom. The zero-order valence-electron chi connectivity index (χ0n) is 11.8. The predicted molar refractivity (Wildman–Crippen MR) is 76.9 cm³/mol. The number of nitrogen functional groups attached to an aromatic ring is 1. The smallest absolute Gasteiger partial charge is 0.383 e. The van der Waals surface area contributed by atoms with Crippen LogP contribution in [0.25, 0.3) is 10.4 Å². The number of hydrogen-bond donors (Lipinski definition) is 3. The zero-order valence-corrected chi connectivity index (χ0v) is 12.7. The number of ether oxygens (including phenoxy) is 1. The highest BCUT2D eigenvalue weighted by Gasteiger charge is 2.37. The van der Waals surface area contributed by atoms with Gasteiger partial charge in [-0.2, -0.15) is 4.98 Å². The van der Waals surface area contributed by atoms with Crippen molar-refractivity contribution in [3.8, 4) is 0 Å². The molecular weight excluding hydrogens is 331 g/mol. The summed E-state index contributed by atoms with van der Waals surface area (Å²) >= 11 is 0. The molecule has 0 amide bonds. The molecule has 4 N–H and O–H groups in total. The van der Waals surface area contributed by atoms with E-state index in [4.69, 9.17) is 25.8 Å². The van der Waals surface area contributed by atoms with Gasteiger partial charge in [0.05, 0.1) is 12.7 Å². The van der Waals surface area contributed by atoms with Crippen molar-refractivity contribution in [2.24, 2.45) is 11.0 Å². The van der Waals surface area contributed by atoms with Gasteiger partial charge in [-0.25, -0.2) is 9.36 Å². The molecule has 1 aromatic rings. The molecule has 3 atom stereocenters. The standard InChI is InChI=1S/C10H15N6O6P/c11-8-1-2-16(10(17)14-8)9-3-6(4-13-15-12)7(22-9)5-21-23(18,19)20/h1-2,6-7,9H,3-5H2,(H2,11,14,17)(H2,18,19,20)/t6-,7-,9-/m1/s1. The maximum atomic E-state index is 11.8. The van der Waals surface area contributed by atoms with Crippen LogP contribution in [0, 0.1) is 5.92 Å². The van der Waals surface area contributed by atoms with Gasteiger partial charge < -0.3 is 20.3 Å². The number of anilines is 1. The molecule has 12 nitrogen and oxygen atoms in total. The lowest BCUT2D eigenvalue weighted by atomic mass is 10.0. The first-order valence-electron chi connectivity index (χ1n) is 6.51. The van der Waals surface area contributed by atoms with Crippen molar-refractivity contribution in [2.45, 2.75) is 18.8 Å². The summed E-state index contributed by atoms with van der Waals surface area (Å²) < 4.78 is 22.1. The van der Waals surface area contributed by atoms with Gasteiger partial charge in [-0.15, -0.1) is 0 Å². The molecule has 0 bridgehead atoms. The second-order valence-corrected chi connectivity index (χ2v) is 6.11. The van der Waals surface area contributed by atoms with E-state index >= 15 is 0 Å². The molecule has 1 aromatic heterocycles. The number of phosphoric acid groups is 1. The van der Waals surface area contributed by atoms with Crippen molar-refractivity contribution in [3.05, 3.63) is 33.2 Å². The van der Waals surface area contributed by atoms with Crippen molar-refractivity contribution in [1.29, 1.82) is 0 Å². The van der Waals surface area contributed by atoms with E-state index in [0.717, 1.165) is 0 Å². The Morgan fingerprint density at radius 1 is 1.65 bits per heavy atom. The largest absolute Gasteiger partial charge is 0.469 e. The van der Waals surface area contributed by atoms with E-state index in [-0.39, 0.29) is 18.3 Å². The van der Waals surface area contributed by atoms with Crippen molar-refractivity contribution >= 4 is 13.6 Å². The topological polar surface area (TPSA) is 186 Å². The molecule has 0 radical (unpaired) electrons. The van der Waals surface area contributed by atoms with Gasteiger partial charge in [-0.05, 0) is 23.9 Å². The molecule has 0 unspecified atom stereocenters. The summed E-state index contributed by atoms with van der Waals surface area (Å²) in [5.41, 5.74) is 13.2. The Labute approximate surface area is 129 Å². The monoisotopic (exact) mass is 346 g/mol. The summed E-state index contributed by atoms with van der Waals surface area (Å²) in [6.07, 6.45) is 0.230. The number of hydrogen-bond acceptors (Lipinski definition) is 7. The fraction of sp³-hybridized carbons (Fsp3) is 0.600. The van der Waals surface area contributed by atoms with E-state index in [1.165, 1.54) is 16.8 Å². The Hall–Kier alpha value is -1.94. The van der Waals surface area contributed by atoms with Crippen molar-refractivity contribution in [1.82, 2.24) is 9.55 Å². The summed E-state index contributed by atoms with van der Waals surface area (Å²) in [7, 11) is -4.66. The molecular formula is C10H15N6O6P. The van der Waals surface area contributed by atoms with Gasteiger partial charge in [-0.1, -0.05) is 5.11 Å². The van der Waals surface area contributed by atoms with Crippen LogP contribution in [-0.2, 0) is 13.8 Å². The van der Waals surface area contributed by atoms with Gasteiger partial charge in [0.1, 0.15) is 12.0 Å². The first-order valence-corrected chi connectivity index (χ1v) is 8.04. The minimum Gasteiger partial charge on any atom is -0.383 e. The average Bonchev–Trinajstić information content (AvgIpc) is 2.85. The second kappa shape index (κ2) is 7.09. The molecule has 1 fully saturated rings. The van der Waals surface area contributed by atoms with E-state index in [9.17, 15) is 9.36 Å². The van der Waals surface area contributed by atoms with Crippen molar-refractivity contribution in [3.63, 3.8) is 0 Å². The molecule has 0 saturated carbocycles. The lowest BCUT2D eigenvalue weighted by Gasteiger charge is -2.17. The van der Waals surface area contributed by atoms with Crippen LogP contribution in [0.4, 0.5) is 5.82 Å². The highest BCUT2D eigenvalue weighted by atomic mass is 31.2. The number of azide groups is 1. The minimum atomic E-state index is -4.66. The lowest BCUT2D eigenvalue weighted by molar-refractivity contribution is -0.0313. The maximum Gasteiger partial charge on any atom is 0.469 e. The third kappa shape index (κ3) is 4.76. The van der Waals surface area contributed by atoms with Crippen LogP contribution in [0.1, 0.15) is 12.6 Å². The number of rotatable bonds is 6. The molecule has 0 aromatic carbocycles.